The fourth-order valence-corrected chi connectivity index (χ4v) is 5.60. The number of fused-ring (bicyclic) bond motifs is 6. The SMILES string of the molecule is CC1(C)OB(c2ccc3c(c2)c2ccccc2n3-c2cc3ccccc3c3ccccc23)OC1(C)C. The lowest BCUT2D eigenvalue weighted by molar-refractivity contribution is 0.00578. The van der Waals surface area contributed by atoms with Gasteiger partial charge in [-0.1, -0.05) is 78.9 Å². The average molecular weight is 469 g/mol. The molecule has 36 heavy (non-hydrogen) atoms. The Morgan fingerprint density at radius 3 is 1.89 bits per heavy atom. The van der Waals surface area contributed by atoms with Crippen LogP contribution in [0.1, 0.15) is 27.7 Å². The van der Waals surface area contributed by atoms with Crippen molar-refractivity contribution in [2.75, 3.05) is 0 Å². The summed E-state index contributed by atoms with van der Waals surface area (Å²) >= 11 is 0. The minimum absolute atomic E-state index is 0.370. The zero-order valence-corrected chi connectivity index (χ0v) is 21.1. The van der Waals surface area contributed by atoms with E-state index in [4.69, 9.17) is 9.31 Å². The standard InChI is InChI=1S/C32H28BNO2/c1-31(2)32(3,4)36-33(35-31)22-17-18-29-27(20-22)26-15-9-10-16-28(26)34(29)30-19-21-11-5-6-12-23(21)24-13-7-8-14-25(24)30/h5-20H,1-4H3. The molecule has 4 heteroatoms. The fraction of sp³-hybridized carbons (Fsp3) is 0.188. The van der Waals surface area contributed by atoms with Gasteiger partial charge in [0.15, 0.2) is 0 Å². The first kappa shape index (κ1) is 21.7. The third kappa shape index (κ3) is 3.01. The van der Waals surface area contributed by atoms with Gasteiger partial charge in [-0.05, 0) is 67.5 Å². The first-order valence-corrected chi connectivity index (χ1v) is 12.6. The smallest absolute Gasteiger partial charge is 0.399 e. The van der Waals surface area contributed by atoms with E-state index in [0.717, 1.165) is 5.46 Å². The van der Waals surface area contributed by atoms with E-state index in [1.54, 1.807) is 0 Å². The van der Waals surface area contributed by atoms with Crippen LogP contribution in [-0.4, -0.2) is 22.9 Å². The molecule has 5 aromatic carbocycles. The van der Waals surface area contributed by atoms with Crippen molar-refractivity contribution in [1.29, 1.82) is 0 Å². The third-order valence-corrected chi connectivity index (χ3v) is 8.21. The summed E-state index contributed by atoms with van der Waals surface area (Å²) in [7, 11) is -0.386. The van der Waals surface area contributed by atoms with Gasteiger partial charge >= 0.3 is 7.12 Å². The summed E-state index contributed by atoms with van der Waals surface area (Å²) in [4.78, 5) is 0. The van der Waals surface area contributed by atoms with Crippen molar-refractivity contribution in [2.24, 2.45) is 0 Å². The van der Waals surface area contributed by atoms with Gasteiger partial charge < -0.3 is 13.9 Å². The maximum Gasteiger partial charge on any atom is 0.494 e. The van der Waals surface area contributed by atoms with Crippen molar-refractivity contribution in [3.63, 3.8) is 0 Å². The summed E-state index contributed by atoms with van der Waals surface area (Å²) in [6.07, 6.45) is 0. The Morgan fingerprint density at radius 2 is 1.14 bits per heavy atom. The first-order valence-electron chi connectivity index (χ1n) is 12.6. The minimum Gasteiger partial charge on any atom is -0.399 e. The molecule has 1 saturated heterocycles. The Balaban J connectivity index is 1.51. The molecule has 0 aliphatic carbocycles. The molecule has 0 unspecified atom stereocenters. The van der Waals surface area contributed by atoms with Crippen LogP contribution in [0.3, 0.4) is 0 Å². The molecule has 3 nitrogen and oxygen atoms in total. The highest BCUT2D eigenvalue weighted by molar-refractivity contribution is 6.62. The molecule has 7 rings (SSSR count). The zero-order chi connectivity index (χ0) is 24.7. The minimum atomic E-state index is -0.386. The number of aromatic nitrogens is 1. The van der Waals surface area contributed by atoms with E-state index in [0.29, 0.717) is 0 Å². The normalized spacial score (nSPS) is 17.1. The Bertz CT molecular complexity index is 1800. The molecule has 1 fully saturated rings. The molecule has 1 aromatic heterocycles. The van der Waals surface area contributed by atoms with Gasteiger partial charge in [-0.3, -0.25) is 0 Å². The van der Waals surface area contributed by atoms with Gasteiger partial charge in [0.2, 0.25) is 0 Å². The molecule has 0 amide bonds. The average Bonchev–Trinajstić information content (AvgIpc) is 3.32. The Kier molecular flexibility index (Phi) is 4.49. The lowest BCUT2D eigenvalue weighted by atomic mass is 9.78. The summed E-state index contributed by atoms with van der Waals surface area (Å²) in [6, 6.07) is 35.0. The molecule has 0 spiro atoms. The third-order valence-electron chi connectivity index (χ3n) is 8.21. The fourth-order valence-electron chi connectivity index (χ4n) is 5.60. The van der Waals surface area contributed by atoms with Crippen LogP contribution in [-0.2, 0) is 9.31 Å². The molecular weight excluding hydrogens is 441 g/mol. The van der Waals surface area contributed by atoms with Gasteiger partial charge in [0.1, 0.15) is 0 Å². The second-order valence-electron chi connectivity index (χ2n) is 10.9. The second-order valence-corrected chi connectivity index (χ2v) is 10.9. The molecule has 0 N–H and O–H groups in total. The maximum atomic E-state index is 6.38. The molecule has 6 aromatic rings. The highest BCUT2D eigenvalue weighted by atomic mass is 16.7. The second kappa shape index (κ2) is 7.46. The summed E-state index contributed by atoms with van der Waals surface area (Å²) in [5.74, 6) is 0. The highest BCUT2D eigenvalue weighted by Crippen LogP contribution is 2.39. The van der Waals surface area contributed by atoms with Crippen LogP contribution in [0.4, 0.5) is 0 Å². The Hall–Kier alpha value is -3.60. The molecule has 0 bridgehead atoms. The number of para-hydroxylation sites is 1. The van der Waals surface area contributed by atoms with Gasteiger partial charge in [-0.15, -0.1) is 0 Å². The van der Waals surface area contributed by atoms with Crippen LogP contribution in [0, 0.1) is 0 Å². The van der Waals surface area contributed by atoms with E-state index in [2.05, 4.69) is 129 Å². The molecule has 1 aliphatic rings. The van der Waals surface area contributed by atoms with Gasteiger partial charge in [0.25, 0.3) is 0 Å². The van der Waals surface area contributed by atoms with Crippen molar-refractivity contribution in [2.45, 2.75) is 38.9 Å². The predicted octanol–water partition coefficient (Wildman–Crippen LogP) is 7.39. The number of benzene rings is 5. The summed E-state index contributed by atoms with van der Waals surface area (Å²) in [6.45, 7) is 8.40. The van der Waals surface area contributed by atoms with Gasteiger partial charge in [-0.2, -0.15) is 0 Å². The maximum absolute atomic E-state index is 6.38. The molecule has 176 valence electrons. The molecule has 2 heterocycles. The Morgan fingerprint density at radius 1 is 0.556 bits per heavy atom. The first-order chi connectivity index (χ1) is 17.3. The highest BCUT2D eigenvalue weighted by Gasteiger charge is 2.51. The monoisotopic (exact) mass is 469 g/mol. The molecular formula is C32H28BNO2. The van der Waals surface area contributed by atoms with Gasteiger partial charge in [-0.25, -0.2) is 0 Å². The van der Waals surface area contributed by atoms with E-state index in [1.165, 1.54) is 49.0 Å². The van der Waals surface area contributed by atoms with Crippen molar-refractivity contribution < 1.29 is 9.31 Å². The predicted molar refractivity (Wildman–Crippen MR) is 152 cm³/mol. The number of rotatable bonds is 2. The quantitative estimate of drug-likeness (QED) is 0.195. The van der Waals surface area contributed by atoms with Crippen molar-refractivity contribution in [1.82, 2.24) is 4.57 Å². The lowest BCUT2D eigenvalue weighted by Gasteiger charge is -2.32. The van der Waals surface area contributed by atoms with Crippen molar-refractivity contribution in [3.05, 3.63) is 97.1 Å². The van der Waals surface area contributed by atoms with E-state index in [9.17, 15) is 0 Å². The summed E-state index contributed by atoms with van der Waals surface area (Å²) in [5.41, 5.74) is 3.87. The summed E-state index contributed by atoms with van der Waals surface area (Å²) < 4.78 is 15.2. The van der Waals surface area contributed by atoms with Crippen molar-refractivity contribution >= 4 is 55.9 Å². The van der Waals surface area contributed by atoms with E-state index < -0.39 is 0 Å². The number of nitrogens with zero attached hydrogens (tertiary/aromatic N) is 1. The van der Waals surface area contributed by atoms with Gasteiger partial charge in [0, 0.05) is 16.2 Å². The Labute approximate surface area is 211 Å². The topological polar surface area (TPSA) is 23.4 Å². The molecule has 0 radical (unpaired) electrons. The lowest BCUT2D eigenvalue weighted by Crippen LogP contribution is -2.41. The van der Waals surface area contributed by atoms with Crippen LogP contribution in [0.15, 0.2) is 97.1 Å². The largest absolute Gasteiger partial charge is 0.494 e. The van der Waals surface area contributed by atoms with Crippen molar-refractivity contribution in [3.8, 4) is 5.69 Å². The van der Waals surface area contributed by atoms with Crippen LogP contribution in [0.2, 0.25) is 0 Å². The zero-order valence-electron chi connectivity index (χ0n) is 21.1. The van der Waals surface area contributed by atoms with E-state index in [1.807, 2.05) is 0 Å². The van der Waals surface area contributed by atoms with Gasteiger partial charge in [0.05, 0.1) is 27.9 Å². The number of hydrogen-bond acceptors (Lipinski definition) is 2. The van der Waals surface area contributed by atoms with Crippen LogP contribution < -0.4 is 5.46 Å². The molecule has 0 saturated carbocycles. The molecule has 1 aliphatic heterocycles. The summed E-state index contributed by atoms with van der Waals surface area (Å²) in [5, 5.41) is 7.46. The van der Waals surface area contributed by atoms with E-state index in [-0.39, 0.29) is 18.3 Å². The van der Waals surface area contributed by atoms with Crippen LogP contribution in [0.25, 0.3) is 49.0 Å². The van der Waals surface area contributed by atoms with Crippen LogP contribution >= 0.6 is 0 Å². The van der Waals surface area contributed by atoms with Crippen LogP contribution in [0.5, 0.6) is 0 Å². The molecule has 0 atom stereocenters. The van der Waals surface area contributed by atoms with E-state index >= 15 is 0 Å². The number of hydrogen-bond donors (Lipinski definition) is 0.